The first-order chi connectivity index (χ1) is 16.5. The second-order valence-electron chi connectivity index (χ2n) is 8.49. The number of piperidine rings is 1. The Hall–Kier alpha value is -3.23. The van der Waals surface area contributed by atoms with Gasteiger partial charge in [-0.2, -0.15) is 0 Å². The molecule has 0 bridgehead atoms. The van der Waals surface area contributed by atoms with Gasteiger partial charge in [0.15, 0.2) is 0 Å². The number of anilines is 1. The highest BCUT2D eigenvalue weighted by Gasteiger charge is 2.28. The number of hydrogen-bond donors (Lipinski definition) is 1. The van der Waals surface area contributed by atoms with Crippen molar-refractivity contribution in [2.45, 2.75) is 31.9 Å². The van der Waals surface area contributed by atoms with Crippen LogP contribution in [0.5, 0.6) is 0 Å². The number of ether oxygens (including phenoxy) is 2. The van der Waals surface area contributed by atoms with Gasteiger partial charge < -0.3 is 19.5 Å². The molecule has 2 aliphatic heterocycles. The monoisotopic (exact) mass is 468 g/mol. The van der Waals surface area contributed by atoms with E-state index in [1.54, 1.807) is 9.80 Å². The van der Waals surface area contributed by atoms with Crippen molar-refractivity contribution in [1.29, 1.82) is 0 Å². The molecule has 4 rings (SSSR count). The van der Waals surface area contributed by atoms with Gasteiger partial charge in [0.25, 0.3) is 0 Å². The van der Waals surface area contributed by atoms with Crippen LogP contribution in [0, 0.1) is 5.82 Å². The molecule has 2 heterocycles. The fourth-order valence-corrected chi connectivity index (χ4v) is 4.25. The minimum atomic E-state index is -0.623. The Morgan fingerprint density at radius 3 is 2.68 bits per heavy atom. The van der Waals surface area contributed by atoms with Gasteiger partial charge in [-0.3, -0.25) is 4.90 Å². The third-order valence-electron chi connectivity index (χ3n) is 6.26. The number of carbonyl (C=O) groups excluding carboxylic acids is 2. The van der Waals surface area contributed by atoms with E-state index in [1.807, 2.05) is 30.3 Å². The van der Waals surface area contributed by atoms with Gasteiger partial charge in [0, 0.05) is 24.3 Å². The molecule has 34 heavy (non-hydrogen) atoms. The van der Waals surface area contributed by atoms with Gasteiger partial charge in [-0.1, -0.05) is 24.3 Å². The van der Waals surface area contributed by atoms with Crippen LogP contribution in [0.1, 0.15) is 40.7 Å². The van der Waals surface area contributed by atoms with Crippen molar-refractivity contribution < 1.29 is 28.6 Å². The number of aliphatic hydroxyl groups is 1. The first kappa shape index (κ1) is 23.9. The maximum absolute atomic E-state index is 14.9. The Kier molecular flexibility index (Phi) is 7.59. The molecule has 2 aliphatic rings. The number of esters is 1. The van der Waals surface area contributed by atoms with Crippen LogP contribution in [-0.4, -0.2) is 61.5 Å². The molecule has 1 N–H and O–H groups in total. The van der Waals surface area contributed by atoms with E-state index >= 15 is 0 Å². The average Bonchev–Trinajstić information content (AvgIpc) is 2.88. The molecule has 2 aromatic carbocycles. The summed E-state index contributed by atoms with van der Waals surface area (Å²) < 4.78 is 25.0. The lowest BCUT2D eigenvalue weighted by Gasteiger charge is -2.35. The minimum absolute atomic E-state index is 0.00319. The van der Waals surface area contributed by atoms with Gasteiger partial charge in [0.05, 0.1) is 38.5 Å². The van der Waals surface area contributed by atoms with E-state index in [2.05, 4.69) is 4.74 Å². The van der Waals surface area contributed by atoms with Gasteiger partial charge in [-0.25, -0.2) is 14.0 Å². The van der Waals surface area contributed by atoms with E-state index in [4.69, 9.17) is 4.74 Å². The van der Waals surface area contributed by atoms with Crippen LogP contribution < -0.4 is 4.90 Å². The van der Waals surface area contributed by atoms with Gasteiger partial charge in [-0.05, 0) is 54.7 Å². The predicted octanol–water partition coefficient (Wildman–Crippen LogP) is 4.00. The highest BCUT2D eigenvalue weighted by molar-refractivity contribution is 5.93. The summed E-state index contributed by atoms with van der Waals surface area (Å²) in [6.45, 7) is 2.06. The third kappa shape index (κ3) is 5.46. The van der Waals surface area contributed by atoms with Gasteiger partial charge in [0.1, 0.15) is 5.82 Å². The molecule has 180 valence electrons. The Morgan fingerprint density at radius 1 is 1.21 bits per heavy atom. The number of likely N-dealkylation sites (tertiary alicyclic amines) is 1. The number of halogens is 1. The molecule has 1 fully saturated rings. The molecule has 1 saturated heterocycles. The molecule has 0 saturated carbocycles. The third-order valence-corrected chi connectivity index (χ3v) is 6.26. The average molecular weight is 469 g/mol. The van der Waals surface area contributed by atoms with Crippen molar-refractivity contribution in [3.63, 3.8) is 0 Å². The largest absolute Gasteiger partial charge is 0.465 e. The zero-order valence-electron chi connectivity index (χ0n) is 19.2. The number of nitrogens with zero attached hydrogens (tertiary/aromatic N) is 2. The Bertz CT molecular complexity index is 1080. The van der Waals surface area contributed by atoms with Crippen molar-refractivity contribution in [2.24, 2.45) is 0 Å². The van der Waals surface area contributed by atoms with Crippen LogP contribution in [0.15, 0.2) is 48.5 Å². The lowest BCUT2D eigenvalue weighted by Crippen LogP contribution is -2.47. The normalized spacial score (nSPS) is 16.7. The van der Waals surface area contributed by atoms with Crippen molar-refractivity contribution >= 4 is 23.3 Å². The molecular weight excluding hydrogens is 439 g/mol. The zero-order chi connectivity index (χ0) is 24.1. The first-order valence-electron chi connectivity index (χ1n) is 11.4. The van der Waals surface area contributed by atoms with Crippen molar-refractivity contribution in [3.05, 3.63) is 71.0 Å². The molecule has 0 radical (unpaired) electrons. The quantitative estimate of drug-likeness (QED) is 0.671. The molecule has 0 aromatic heterocycles. The van der Waals surface area contributed by atoms with Gasteiger partial charge >= 0.3 is 12.0 Å². The van der Waals surface area contributed by atoms with Gasteiger partial charge in [-0.15, -0.1) is 0 Å². The van der Waals surface area contributed by atoms with Crippen LogP contribution in [0.3, 0.4) is 0 Å². The number of benzene rings is 2. The van der Waals surface area contributed by atoms with E-state index in [0.29, 0.717) is 44.8 Å². The SMILES string of the molecule is COC(=O)c1ccc(CN(C(=O)N2CCC(O)CC2)c2cccc(C3=CCOCC3)c2)c(F)c1. The Balaban J connectivity index is 1.66. The van der Waals surface area contributed by atoms with E-state index in [1.165, 1.54) is 19.2 Å². The maximum atomic E-state index is 14.9. The molecule has 7 nitrogen and oxygen atoms in total. The van der Waals surface area contributed by atoms with Crippen molar-refractivity contribution in [2.75, 3.05) is 38.3 Å². The topological polar surface area (TPSA) is 79.3 Å². The Morgan fingerprint density at radius 2 is 2.00 bits per heavy atom. The zero-order valence-corrected chi connectivity index (χ0v) is 19.2. The number of carbonyl (C=O) groups is 2. The predicted molar refractivity (Wildman–Crippen MR) is 126 cm³/mol. The Labute approximate surface area is 198 Å². The molecule has 0 spiro atoms. The minimum Gasteiger partial charge on any atom is -0.465 e. The van der Waals surface area contributed by atoms with Gasteiger partial charge in [0.2, 0.25) is 0 Å². The number of amides is 2. The molecule has 8 heteroatoms. The van der Waals surface area contributed by atoms with E-state index in [9.17, 15) is 19.1 Å². The van der Waals surface area contributed by atoms with Crippen molar-refractivity contribution in [3.8, 4) is 0 Å². The summed E-state index contributed by atoms with van der Waals surface area (Å²) in [5.41, 5.74) is 3.19. The van der Waals surface area contributed by atoms with E-state index in [-0.39, 0.29) is 23.7 Å². The molecule has 0 aliphatic carbocycles. The number of hydrogen-bond acceptors (Lipinski definition) is 5. The summed E-state index contributed by atoms with van der Waals surface area (Å²) in [4.78, 5) is 28.6. The number of aliphatic hydroxyl groups excluding tert-OH is 1. The maximum Gasteiger partial charge on any atom is 0.337 e. The number of rotatable bonds is 5. The first-order valence-corrected chi connectivity index (χ1v) is 11.4. The molecule has 2 amide bonds. The van der Waals surface area contributed by atoms with Crippen molar-refractivity contribution in [1.82, 2.24) is 4.90 Å². The highest BCUT2D eigenvalue weighted by atomic mass is 19.1. The second kappa shape index (κ2) is 10.8. The van der Waals surface area contributed by atoms with Crippen LogP contribution >= 0.6 is 0 Å². The second-order valence-corrected chi connectivity index (χ2v) is 8.49. The molecule has 0 unspecified atom stereocenters. The summed E-state index contributed by atoms with van der Waals surface area (Å²) in [5, 5.41) is 9.85. The highest BCUT2D eigenvalue weighted by Crippen LogP contribution is 2.28. The number of urea groups is 1. The summed E-state index contributed by atoms with van der Waals surface area (Å²) in [7, 11) is 1.24. The smallest absolute Gasteiger partial charge is 0.337 e. The molecular formula is C26H29FN2O5. The lowest BCUT2D eigenvalue weighted by atomic mass is 10.0. The van der Waals surface area contributed by atoms with E-state index < -0.39 is 17.9 Å². The summed E-state index contributed by atoms with van der Waals surface area (Å²) in [5.74, 6) is -1.21. The van der Waals surface area contributed by atoms with Crippen LogP contribution in [0.4, 0.5) is 14.9 Å². The lowest BCUT2D eigenvalue weighted by molar-refractivity contribution is 0.0600. The number of methoxy groups -OCH3 is 1. The summed E-state index contributed by atoms with van der Waals surface area (Å²) in [6, 6.07) is 11.5. The van der Waals surface area contributed by atoms with Crippen LogP contribution in [-0.2, 0) is 16.0 Å². The fourth-order valence-electron chi connectivity index (χ4n) is 4.25. The molecule has 0 atom stereocenters. The molecule has 2 aromatic rings. The summed E-state index contributed by atoms with van der Waals surface area (Å²) in [6.07, 6.45) is 3.42. The standard InChI is InChI=1S/C26H29FN2O5/c1-33-25(31)20-5-6-21(24(27)16-20)17-29(26(32)28-11-7-23(30)8-12-28)22-4-2-3-19(15-22)18-9-13-34-14-10-18/h2-6,9,15-16,23,30H,7-8,10-14,17H2,1H3. The van der Waals surface area contributed by atoms with Crippen LogP contribution in [0.25, 0.3) is 5.57 Å². The van der Waals surface area contributed by atoms with Crippen LogP contribution in [0.2, 0.25) is 0 Å². The summed E-state index contributed by atoms with van der Waals surface area (Å²) >= 11 is 0. The van der Waals surface area contributed by atoms with E-state index in [0.717, 1.165) is 23.6 Å². The fraction of sp³-hybridized carbons (Fsp3) is 0.385.